The number of carbonyl (C=O) groups excluding carboxylic acids is 1. The van der Waals surface area contributed by atoms with Crippen LogP contribution >= 0.6 is 11.8 Å². The van der Waals surface area contributed by atoms with Gasteiger partial charge in [-0.3, -0.25) is 10.1 Å². The van der Waals surface area contributed by atoms with Crippen molar-refractivity contribution in [1.82, 2.24) is 10.1 Å². The number of nitrogens with zero attached hydrogens (tertiary/aromatic N) is 3. The highest BCUT2D eigenvalue weighted by atomic mass is 32.2. The number of alkyl halides is 3. The minimum absolute atomic E-state index is 0.106. The van der Waals surface area contributed by atoms with Gasteiger partial charge >= 0.3 is 6.18 Å². The highest BCUT2D eigenvalue weighted by molar-refractivity contribution is 8.00. The van der Waals surface area contributed by atoms with Crippen LogP contribution in [0, 0.1) is 18.3 Å². The van der Waals surface area contributed by atoms with E-state index in [1.54, 1.807) is 6.07 Å². The maximum atomic E-state index is 13.1. The van der Waals surface area contributed by atoms with Gasteiger partial charge in [0.05, 0.1) is 22.6 Å². The molecular weight excluding hydrogens is 381 g/mol. The molecule has 1 N–H and O–H groups in total. The summed E-state index contributed by atoms with van der Waals surface area (Å²) in [5.41, 5.74) is -1.17. The standard InChI is InChI=1S/C17H17F3N4O2S/c1-9-5-11(17(18,19)20)10(7-21)15(22-9)27-8-13(25)23-14-6-12(24-26-14)16(2,3)4/h5-6H,8H2,1-4H3,(H,23,25). The molecule has 10 heteroatoms. The van der Waals surface area contributed by atoms with Crippen molar-refractivity contribution in [3.8, 4) is 6.07 Å². The van der Waals surface area contributed by atoms with Crippen LogP contribution in [0.25, 0.3) is 0 Å². The minimum Gasteiger partial charge on any atom is -0.338 e. The number of hydrogen-bond acceptors (Lipinski definition) is 6. The number of carbonyl (C=O) groups is 1. The summed E-state index contributed by atoms with van der Waals surface area (Å²) in [5, 5.41) is 15.3. The third-order valence-corrected chi connectivity index (χ3v) is 4.39. The molecule has 0 bridgehead atoms. The number of halogens is 3. The van der Waals surface area contributed by atoms with Gasteiger partial charge in [0.15, 0.2) is 0 Å². The van der Waals surface area contributed by atoms with Crippen LogP contribution in [0.4, 0.5) is 19.1 Å². The Morgan fingerprint density at radius 1 is 1.33 bits per heavy atom. The highest BCUT2D eigenvalue weighted by Crippen LogP contribution is 2.35. The van der Waals surface area contributed by atoms with Crippen molar-refractivity contribution in [2.45, 2.75) is 44.3 Å². The largest absolute Gasteiger partial charge is 0.417 e. The van der Waals surface area contributed by atoms with E-state index < -0.39 is 23.2 Å². The van der Waals surface area contributed by atoms with Gasteiger partial charge in [0.1, 0.15) is 11.1 Å². The smallest absolute Gasteiger partial charge is 0.338 e. The Kier molecular flexibility index (Phi) is 5.85. The first-order chi connectivity index (χ1) is 12.4. The molecule has 0 spiro atoms. The van der Waals surface area contributed by atoms with E-state index >= 15 is 0 Å². The minimum atomic E-state index is -4.68. The van der Waals surface area contributed by atoms with Crippen LogP contribution in [-0.4, -0.2) is 21.8 Å². The van der Waals surface area contributed by atoms with Crippen molar-refractivity contribution in [2.75, 3.05) is 11.1 Å². The SMILES string of the molecule is Cc1cc(C(F)(F)F)c(C#N)c(SCC(=O)Nc2cc(C(C)(C)C)no2)n1. The van der Waals surface area contributed by atoms with Crippen molar-refractivity contribution >= 4 is 23.6 Å². The number of amides is 1. The van der Waals surface area contributed by atoms with Gasteiger partial charge in [-0.2, -0.15) is 18.4 Å². The van der Waals surface area contributed by atoms with E-state index in [1.165, 1.54) is 13.0 Å². The topological polar surface area (TPSA) is 91.8 Å². The lowest BCUT2D eigenvalue weighted by molar-refractivity contribution is -0.138. The number of nitriles is 1. The summed E-state index contributed by atoms with van der Waals surface area (Å²) in [4.78, 5) is 16.0. The first-order valence-corrected chi connectivity index (χ1v) is 8.79. The summed E-state index contributed by atoms with van der Waals surface area (Å²) in [6.45, 7) is 7.18. The van der Waals surface area contributed by atoms with E-state index in [2.05, 4.69) is 15.5 Å². The zero-order chi connectivity index (χ0) is 20.4. The van der Waals surface area contributed by atoms with Crippen molar-refractivity contribution in [3.63, 3.8) is 0 Å². The van der Waals surface area contributed by atoms with E-state index in [1.807, 2.05) is 20.8 Å². The summed E-state index contributed by atoms with van der Waals surface area (Å²) in [5.74, 6) is -0.620. The molecule has 0 fully saturated rings. The van der Waals surface area contributed by atoms with Crippen LogP contribution in [0.3, 0.4) is 0 Å². The monoisotopic (exact) mass is 398 g/mol. The number of anilines is 1. The number of rotatable bonds is 4. The fraction of sp³-hybridized carbons (Fsp3) is 0.412. The molecule has 0 radical (unpaired) electrons. The summed E-state index contributed by atoms with van der Waals surface area (Å²) in [6, 6.07) is 3.92. The Morgan fingerprint density at radius 3 is 2.52 bits per heavy atom. The molecule has 1 amide bonds. The van der Waals surface area contributed by atoms with Crippen molar-refractivity contribution in [2.24, 2.45) is 0 Å². The van der Waals surface area contributed by atoms with E-state index in [0.29, 0.717) is 5.69 Å². The molecule has 0 aliphatic rings. The third kappa shape index (κ3) is 5.23. The molecule has 2 aromatic heterocycles. The number of aryl methyl sites for hydroxylation is 1. The maximum absolute atomic E-state index is 13.1. The highest BCUT2D eigenvalue weighted by Gasteiger charge is 2.35. The van der Waals surface area contributed by atoms with E-state index in [0.717, 1.165) is 17.8 Å². The van der Waals surface area contributed by atoms with Gasteiger partial charge in [-0.05, 0) is 13.0 Å². The predicted molar refractivity (Wildman–Crippen MR) is 93.2 cm³/mol. The maximum Gasteiger partial charge on any atom is 0.417 e. The van der Waals surface area contributed by atoms with Crippen molar-refractivity contribution in [3.05, 3.63) is 34.6 Å². The zero-order valence-electron chi connectivity index (χ0n) is 15.1. The van der Waals surface area contributed by atoms with Gasteiger partial charge in [-0.1, -0.05) is 37.7 Å². The second-order valence-corrected chi connectivity index (χ2v) is 7.73. The molecule has 0 saturated heterocycles. The number of hydrogen-bond donors (Lipinski definition) is 1. The van der Waals surface area contributed by atoms with Gasteiger partial charge in [0, 0.05) is 17.2 Å². The van der Waals surface area contributed by atoms with Gasteiger partial charge in [-0.25, -0.2) is 4.98 Å². The summed E-state index contributed by atoms with van der Waals surface area (Å²) >= 11 is 0.748. The number of aromatic nitrogens is 2. The average Bonchev–Trinajstić information content (AvgIpc) is 3.00. The molecular formula is C17H17F3N4O2S. The fourth-order valence-electron chi connectivity index (χ4n) is 2.08. The molecule has 2 rings (SSSR count). The molecule has 2 aromatic rings. The molecule has 0 atom stereocenters. The summed E-state index contributed by atoms with van der Waals surface area (Å²) < 4.78 is 44.3. The zero-order valence-corrected chi connectivity index (χ0v) is 15.9. The number of thioether (sulfide) groups is 1. The lowest BCUT2D eigenvalue weighted by Gasteiger charge is -2.12. The Bertz CT molecular complexity index is 895. The molecule has 0 saturated carbocycles. The summed E-state index contributed by atoms with van der Waals surface area (Å²) in [7, 11) is 0. The second-order valence-electron chi connectivity index (χ2n) is 6.76. The normalized spacial score (nSPS) is 11.9. The lowest BCUT2D eigenvalue weighted by atomic mass is 9.92. The quantitative estimate of drug-likeness (QED) is 0.772. The van der Waals surface area contributed by atoms with Crippen LogP contribution in [0.5, 0.6) is 0 Å². The third-order valence-electron chi connectivity index (χ3n) is 3.41. The van der Waals surface area contributed by atoms with E-state index in [4.69, 9.17) is 9.78 Å². The fourth-order valence-corrected chi connectivity index (χ4v) is 2.92. The van der Waals surface area contributed by atoms with Crippen LogP contribution in [-0.2, 0) is 16.4 Å². The van der Waals surface area contributed by atoms with Crippen LogP contribution in [0.2, 0.25) is 0 Å². The van der Waals surface area contributed by atoms with E-state index in [9.17, 15) is 18.0 Å². The molecule has 0 unspecified atom stereocenters. The van der Waals surface area contributed by atoms with Gasteiger partial charge in [0.25, 0.3) is 0 Å². The Hall–Kier alpha value is -2.54. The first kappa shape index (κ1) is 20.8. The Balaban J connectivity index is 2.12. The Morgan fingerprint density at radius 2 is 2.00 bits per heavy atom. The van der Waals surface area contributed by atoms with Gasteiger partial charge in [0.2, 0.25) is 11.8 Å². The number of nitrogens with one attached hydrogen (secondary N) is 1. The lowest BCUT2D eigenvalue weighted by Crippen LogP contribution is -2.15. The molecule has 2 heterocycles. The van der Waals surface area contributed by atoms with Crippen LogP contribution in [0.15, 0.2) is 21.7 Å². The van der Waals surface area contributed by atoms with E-state index in [-0.39, 0.29) is 27.8 Å². The number of pyridine rings is 1. The molecule has 0 aromatic carbocycles. The van der Waals surface area contributed by atoms with Crippen LogP contribution < -0.4 is 5.32 Å². The van der Waals surface area contributed by atoms with Crippen molar-refractivity contribution in [1.29, 1.82) is 5.26 Å². The molecule has 0 aliphatic carbocycles. The average molecular weight is 398 g/mol. The van der Waals surface area contributed by atoms with Gasteiger partial charge in [-0.15, -0.1) is 0 Å². The molecule has 27 heavy (non-hydrogen) atoms. The predicted octanol–water partition coefficient (Wildman–Crippen LogP) is 4.30. The van der Waals surface area contributed by atoms with Crippen molar-refractivity contribution < 1.29 is 22.5 Å². The van der Waals surface area contributed by atoms with Crippen LogP contribution in [0.1, 0.15) is 43.3 Å². The molecule has 0 aliphatic heterocycles. The molecule has 6 nitrogen and oxygen atoms in total. The molecule has 144 valence electrons. The summed E-state index contributed by atoms with van der Waals surface area (Å²) in [6.07, 6.45) is -4.68. The second kappa shape index (κ2) is 7.60. The first-order valence-electron chi connectivity index (χ1n) is 7.80. The Labute approximate surface area is 158 Å². The van der Waals surface area contributed by atoms with Gasteiger partial charge < -0.3 is 4.52 Å².